The van der Waals surface area contributed by atoms with Crippen LogP contribution in [0.5, 0.6) is 0 Å². The molecule has 0 aliphatic heterocycles. The topological polar surface area (TPSA) is 38.0 Å². The Hall–Kier alpha value is -0.0800. The molecule has 1 saturated carbocycles. The van der Waals surface area contributed by atoms with Gasteiger partial charge in [0.15, 0.2) is 0 Å². The first-order valence-electron chi connectivity index (χ1n) is 8.05. The van der Waals surface area contributed by atoms with E-state index in [-0.39, 0.29) is 0 Å². The van der Waals surface area contributed by atoms with Crippen molar-refractivity contribution in [1.29, 1.82) is 0 Å². The van der Waals surface area contributed by atoms with Gasteiger partial charge in [0.1, 0.15) is 0 Å². The van der Waals surface area contributed by atoms with Crippen molar-refractivity contribution in [2.75, 3.05) is 13.1 Å². The molecule has 108 valence electrons. The third kappa shape index (κ3) is 6.75. The number of rotatable bonds is 7. The van der Waals surface area contributed by atoms with Crippen molar-refractivity contribution in [2.24, 2.45) is 23.5 Å². The van der Waals surface area contributed by atoms with Crippen LogP contribution in [0.3, 0.4) is 0 Å². The van der Waals surface area contributed by atoms with Gasteiger partial charge in [0.05, 0.1) is 0 Å². The van der Waals surface area contributed by atoms with E-state index < -0.39 is 0 Å². The second-order valence-electron chi connectivity index (χ2n) is 6.78. The lowest BCUT2D eigenvalue weighted by atomic mass is 9.94. The van der Waals surface area contributed by atoms with Crippen molar-refractivity contribution in [3.05, 3.63) is 0 Å². The second kappa shape index (κ2) is 8.92. The molecule has 0 aromatic carbocycles. The van der Waals surface area contributed by atoms with E-state index in [9.17, 15) is 0 Å². The van der Waals surface area contributed by atoms with Crippen LogP contribution >= 0.6 is 0 Å². The maximum Gasteiger partial charge on any atom is 0.00671 e. The molecule has 0 spiro atoms. The summed E-state index contributed by atoms with van der Waals surface area (Å²) in [5.74, 6) is 2.43. The molecule has 0 aromatic rings. The monoisotopic (exact) mass is 254 g/mol. The van der Waals surface area contributed by atoms with E-state index in [0.717, 1.165) is 31.0 Å². The summed E-state index contributed by atoms with van der Waals surface area (Å²) in [6.07, 6.45) is 9.52. The highest BCUT2D eigenvalue weighted by Crippen LogP contribution is 2.22. The smallest absolute Gasteiger partial charge is 0.00671 e. The molecule has 3 atom stereocenters. The molecule has 0 aromatic heterocycles. The Labute approximate surface area is 114 Å². The molecule has 18 heavy (non-hydrogen) atoms. The fourth-order valence-electron chi connectivity index (χ4n) is 3.18. The van der Waals surface area contributed by atoms with Crippen LogP contribution < -0.4 is 11.1 Å². The molecule has 0 heterocycles. The molecule has 3 unspecified atom stereocenters. The first kappa shape index (κ1) is 16.0. The van der Waals surface area contributed by atoms with E-state index in [1.165, 1.54) is 44.9 Å². The zero-order valence-electron chi connectivity index (χ0n) is 12.8. The first-order valence-corrected chi connectivity index (χ1v) is 8.05. The van der Waals surface area contributed by atoms with Crippen LogP contribution in [0.15, 0.2) is 0 Å². The number of hydrogen-bond acceptors (Lipinski definition) is 2. The van der Waals surface area contributed by atoms with E-state index in [1.807, 2.05) is 0 Å². The van der Waals surface area contributed by atoms with Gasteiger partial charge in [-0.25, -0.2) is 0 Å². The van der Waals surface area contributed by atoms with Crippen molar-refractivity contribution in [3.63, 3.8) is 0 Å². The lowest BCUT2D eigenvalue weighted by Crippen LogP contribution is -2.31. The zero-order valence-corrected chi connectivity index (χ0v) is 12.8. The Bertz CT molecular complexity index is 203. The molecule has 0 bridgehead atoms. The minimum absolute atomic E-state index is 0.710. The quantitative estimate of drug-likeness (QED) is 0.682. The maximum absolute atomic E-state index is 5.86. The lowest BCUT2D eigenvalue weighted by molar-refractivity contribution is 0.365. The summed E-state index contributed by atoms with van der Waals surface area (Å²) in [6.45, 7) is 9.00. The highest BCUT2D eigenvalue weighted by Gasteiger charge is 2.16. The lowest BCUT2D eigenvalue weighted by Gasteiger charge is -2.20. The zero-order chi connectivity index (χ0) is 13.4. The Balaban J connectivity index is 2.15. The summed E-state index contributed by atoms with van der Waals surface area (Å²) in [7, 11) is 0. The number of nitrogens with one attached hydrogen (secondary N) is 1. The minimum atomic E-state index is 0.710. The van der Waals surface area contributed by atoms with Gasteiger partial charge in [-0.05, 0) is 62.9 Å². The van der Waals surface area contributed by atoms with E-state index >= 15 is 0 Å². The third-order valence-corrected chi connectivity index (χ3v) is 4.38. The van der Waals surface area contributed by atoms with Crippen molar-refractivity contribution in [1.82, 2.24) is 5.32 Å². The van der Waals surface area contributed by atoms with Crippen LogP contribution in [0.4, 0.5) is 0 Å². The highest BCUT2D eigenvalue weighted by molar-refractivity contribution is 4.74. The molecule has 1 fully saturated rings. The van der Waals surface area contributed by atoms with Crippen LogP contribution in [0.1, 0.15) is 65.7 Å². The van der Waals surface area contributed by atoms with Crippen LogP contribution in [0.25, 0.3) is 0 Å². The molecule has 1 aliphatic carbocycles. The standard InChI is InChI=1S/C16H34N2/c1-13(2)11-15(12-17)9-10-18-16-6-4-5-14(3)7-8-16/h13-16,18H,4-12,17H2,1-3H3. The van der Waals surface area contributed by atoms with Gasteiger partial charge in [-0.2, -0.15) is 0 Å². The van der Waals surface area contributed by atoms with Crippen molar-refractivity contribution < 1.29 is 0 Å². The van der Waals surface area contributed by atoms with Crippen LogP contribution in [-0.4, -0.2) is 19.1 Å². The number of hydrogen-bond donors (Lipinski definition) is 2. The van der Waals surface area contributed by atoms with Gasteiger partial charge in [-0.1, -0.05) is 33.6 Å². The minimum Gasteiger partial charge on any atom is -0.330 e. The Kier molecular flexibility index (Phi) is 7.92. The fraction of sp³-hybridized carbons (Fsp3) is 1.00. The van der Waals surface area contributed by atoms with E-state index in [4.69, 9.17) is 5.73 Å². The Morgan fingerprint density at radius 1 is 1.17 bits per heavy atom. The second-order valence-corrected chi connectivity index (χ2v) is 6.78. The Morgan fingerprint density at radius 2 is 1.94 bits per heavy atom. The van der Waals surface area contributed by atoms with Crippen LogP contribution in [-0.2, 0) is 0 Å². The van der Waals surface area contributed by atoms with Crippen molar-refractivity contribution in [2.45, 2.75) is 71.8 Å². The predicted molar refractivity (Wildman–Crippen MR) is 80.7 cm³/mol. The van der Waals surface area contributed by atoms with Gasteiger partial charge < -0.3 is 11.1 Å². The van der Waals surface area contributed by atoms with Gasteiger partial charge in [-0.3, -0.25) is 0 Å². The molecule has 1 rings (SSSR count). The molecular formula is C16H34N2. The summed E-state index contributed by atoms with van der Waals surface area (Å²) in [6, 6.07) is 0.771. The summed E-state index contributed by atoms with van der Waals surface area (Å²) in [4.78, 5) is 0. The van der Waals surface area contributed by atoms with Gasteiger partial charge in [0.2, 0.25) is 0 Å². The average Bonchev–Trinajstić information content (AvgIpc) is 2.52. The molecule has 2 heteroatoms. The van der Waals surface area contributed by atoms with Gasteiger partial charge in [0.25, 0.3) is 0 Å². The predicted octanol–water partition coefficient (Wildman–Crippen LogP) is 3.56. The van der Waals surface area contributed by atoms with Gasteiger partial charge >= 0.3 is 0 Å². The largest absolute Gasteiger partial charge is 0.330 e. The number of nitrogens with two attached hydrogens (primary N) is 1. The molecular weight excluding hydrogens is 220 g/mol. The summed E-state index contributed by atoms with van der Waals surface area (Å²) in [5.41, 5.74) is 5.86. The third-order valence-electron chi connectivity index (χ3n) is 4.38. The van der Waals surface area contributed by atoms with Crippen LogP contribution in [0.2, 0.25) is 0 Å². The first-order chi connectivity index (χ1) is 8.61. The highest BCUT2D eigenvalue weighted by atomic mass is 14.9. The van der Waals surface area contributed by atoms with E-state index in [2.05, 4.69) is 26.1 Å². The fourth-order valence-corrected chi connectivity index (χ4v) is 3.18. The molecule has 0 saturated heterocycles. The summed E-state index contributed by atoms with van der Waals surface area (Å²) < 4.78 is 0. The van der Waals surface area contributed by atoms with Crippen molar-refractivity contribution in [3.8, 4) is 0 Å². The van der Waals surface area contributed by atoms with Gasteiger partial charge in [0, 0.05) is 6.04 Å². The molecule has 0 radical (unpaired) electrons. The maximum atomic E-state index is 5.86. The molecule has 1 aliphatic rings. The average molecular weight is 254 g/mol. The van der Waals surface area contributed by atoms with Crippen molar-refractivity contribution >= 4 is 0 Å². The molecule has 2 nitrogen and oxygen atoms in total. The Morgan fingerprint density at radius 3 is 2.61 bits per heavy atom. The van der Waals surface area contributed by atoms with E-state index in [0.29, 0.717) is 5.92 Å². The summed E-state index contributed by atoms with van der Waals surface area (Å²) in [5, 5.41) is 3.76. The summed E-state index contributed by atoms with van der Waals surface area (Å²) >= 11 is 0. The van der Waals surface area contributed by atoms with Gasteiger partial charge in [-0.15, -0.1) is 0 Å². The normalized spacial score (nSPS) is 27.2. The van der Waals surface area contributed by atoms with Crippen LogP contribution in [0, 0.1) is 17.8 Å². The molecule has 3 N–H and O–H groups in total. The SMILES string of the molecule is CC(C)CC(CN)CCNC1CCCC(C)CC1. The molecule has 0 amide bonds. The van der Waals surface area contributed by atoms with E-state index in [1.54, 1.807) is 0 Å².